The lowest BCUT2D eigenvalue weighted by Crippen LogP contribution is -2.44. The van der Waals surface area contributed by atoms with Crippen LogP contribution < -0.4 is 10.1 Å². The molecule has 0 spiro atoms. The van der Waals surface area contributed by atoms with E-state index >= 15 is 0 Å². The summed E-state index contributed by atoms with van der Waals surface area (Å²) in [6, 6.07) is 12.7. The Hall–Kier alpha value is -3.68. The van der Waals surface area contributed by atoms with E-state index in [4.69, 9.17) is 9.47 Å². The topological polar surface area (TPSA) is 102 Å². The number of ether oxygens (including phenoxy) is 2. The molecule has 1 saturated heterocycles. The average Bonchev–Trinajstić information content (AvgIpc) is 3.12. The Labute approximate surface area is 198 Å². The number of hydrogen-bond donors (Lipinski definition) is 1. The molecular weight excluding hydrogens is 436 g/mol. The van der Waals surface area contributed by atoms with E-state index in [2.05, 4.69) is 5.32 Å². The summed E-state index contributed by atoms with van der Waals surface area (Å²) in [5.41, 5.74) is 1.79. The summed E-state index contributed by atoms with van der Waals surface area (Å²) >= 11 is 0. The highest BCUT2D eigenvalue weighted by molar-refractivity contribution is 6.07. The van der Waals surface area contributed by atoms with Crippen molar-refractivity contribution in [3.05, 3.63) is 59.7 Å². The standard InChI is InChI=1S/C26H28N2O6/c1-16(28-24(30)21-5-3-4-6-22(21)25(28)31)26(32)34-15-17-7-9-18(10-8-17)23(29)27-19-11-13-20(33-2)14-12-19/h7-14,16,21-22H,3-6,15H2,1-2H3,(H,27,29)/t16-,21+,22+/m1/s1. The van der Waals surface area contributed by atoms with E-state index in [1.54, 1.807) is 55.6 Å². The van der Waals surface area contributed by atoms with Gasteiger partial charge in [-0.25, -0.2) is 4.79 Å². The van der Waals surface area contributed by atoms with Gasteiger partial charge in [0.25, 0.3) is 5.91 Å². The van der Waals surface area contributed by atoms with Gasteiger partial charge in [-0.1, -0.05) is 25.0 Å². The highest BCUT2D eigenvalue weighted by Gasteiger charge is 2.51. The van der Waals surface area contributed by atoms with Crippen LogP contribution in [0.2, 0.25) is 0 Å². The third kappa shape index (κ3) is 4.81. The summed E-state index contributed by atoms with van der Waals surface area (Å²) in [7, 11) is 1.57. The molecule has 1 N–H and O–H groups in total. The Bertz CT molecular complexity index is 1060. The Kier molecular flexibility index (Phi) is 6.95. The summed E-state index contributed by atoms with van der Waals surface area (Å²) < 4.78 is 10.5. The molecule has 0 aromatic heterocycles. The first kappa shape index (κ1) is 23.5. The van der Waals surface area contributed by atoms with Crippen molar-refractivity contribution in [2.75, 3.05) is 12.4 Å². The molecule has 0 radical (unpaired) electrons. The minimum Gasteiger partial charge on any atom is -0.497 e. The first-order chi connectivity index (χ1) is 16.4. The number of likely N-dealkylation sites (tertiary alicyclic amines) is 1. The highest BCUT2D eigenvalue weighted by atomic mass is 16.5. The number of hydrogen-bond acceptors (Lipinski definition) is 6. The average molecular weight is 465 g/mol. The number of anilines is 1. The van der Waals surface area contributed by atoms with Gasteiger partial charge >= 0.3 is 5.97 Å². The quantitative estimate of drug-likeness (QED) is 0.497. The Morgan fingerprint density at radius 3 is 2.12 bits per heavy atom. The lowest BCUT2D eigenvalue weighted by molar-refractivity contribution is -0.159. The number of benzene rings is 2. The molecule has 0 unspecified atom stereocenters. The largest absolute Gasteiger partial charge is 0.497 e. The number of esters is 1. The van der Waals surface area contributed by atoms with Crippen LogP contribution in [0.1, 0.15) is 48.5 Å². The number of amides is 3. The molecule has 1 aliphatic heterocycles. The fourth-order valence-electron chi connectivity index (χ4n) is 4.58. The normalized spacial score (nSPS) is 20.5. The van der Waals surface area contributed by atoms with Crippen molar-refractivity contribution in [3.8, 4) is 5.75 Å². The molecule has 1 aliphatic carbocycles. The molecule has 178 valence electrons. The van der Waals surface area contributed by atoms with Gasteiger partial charge in [-0.05, 0) is 61.7 Å². The maximum absolute atomic E-state index is 12.7. The second-order valence-corrected chi connectivity index (χ2v) is 8.71. The van der Waals surface area contributed by atoms with Crippen molar-refractivity contribution in [1.29, 1.82) is 0 Å². The van der Waals surface area contributed by atoms with Crippen molar-refractivity contribution in [1.82, 2.24) is 4.90 Å². The highest BCUT2D eigenvalue weighted by Crippen LogP contribution is 2.39. The molecule has 8 heteroatoms. The van der Waals surface area contributed by atoms with Crippen molar-refractivity contribution in [2.24, 2.45) is 11.8 Å². The molecule has 1 saturated carbocycles. The summed E-state index contributed by atoms with van der Waals surface area (Å²) in [5.74, 6) is -1.31. The zero-order chi connectivity index (χ0) is 24.2. The van der Waals surface area contributed by atoms with Gasteiger partial charge in [-0.15, -0.1) is 0 Å². The molecule has 1 heterocycles. The number of fused-ring (bicyclic) bond motifs is 1. The second-order valence-electron chi connectivity index (χ2n) is 8.71. The zero-order valence-electron chi connectivity index (χ0n) is 19.3. The number of carbonyl (C=O) groups excluding carboxylic acids is 4. The first-order valence-electron chi connectivity index (χ1n) is 11.5. The molecule has 2 aromatic rings. The molecule has 34 heavy (non-hydrogen) atoms. The van der Waals surface area contributed by atoms with E-state index in [1.165, 1.54) is 6.92 Å². The van der Waals surface area contributed by atoms with E-state index in [0.717, 1.165) is 17.7 Å². The monoisotopic (exact) mass is 464 g/mol. The van der Waals surface area contributed by atoms with Crippen LogP contribution in [0.4, 0.5) is 5.69 Å². The maximum atomic E-state index is 12.7. The molecular formula is C26H28N2O6. The van der Waals surface area contributed by atoms with Crippen molar-refractivity contribution in [3.63, 3.8) is 0 Å². The molecule has 3 amide bonds. The maximum Gasteiger partial charge on any atom is 0.329 e. The van der Waals surface area contributed by atoms with Crippen LogP contribution in [-0.4, -0.2) is 41.7 Å². The van der Waals surface area contributed by atoms with Crippen LogP contribution in [0, 0.1) is 11.8 Å². The predicted molar refractivity (Wildman–Crippen MR) is 124 cm³/mol. The van der Waals surface area contributed by atoms with Crippen LogP contribution in [0.5, 0.6) is 5.75 Å². The third-order valence-corrected chi connectivity index (χ3v) is 6.55. The molecule has 3 atom stereocenters. The number of nitrogens with one attached hydrogen (secondary N) is 1. The number of rotatable bonds is 7. The van der Waals surface area contributed by atoms with Crippen LogP contribution in [0.3, 0.4) is 0 Å². The minimum atomic E-state index is -0.958. The fraction of sp³-hybridized carbons (Fsp3) is 0.385. The summed E-state index contributed by atoms with van der Waals surface area (Å²) in [5, 5.41) is 2.81. The van der Waals surface area contributed by atoms with Gasteiger partial charge in [0, 0.05) is 11.3 Å². The second kappa shape index (κ2) is 10.1. The molecule has 0 bridgehead atoms. The van der Waals surface area contributed by atoms with E-state index in [0.29, 0.717) is 35.4 Å². The van der Waals surface area contributed by atoms with Crippen molar-refractivity contribution in [2.45, 2.75) is 45.3 Å². The zero-order valence-corrected chi connectivity index (χ0v) is 19.3. The van der Waals surface area contributed by atoms with E-state index in [-0.39, 0.29) is 36.2 Å². The van der Waals surface area contributed by atoms with Gasteiger partial charge in [-0.3, -0.25) is 19.3 Å². The van der Waals surface area contributed by atoms with Gasteiger partial charge in [0.1, 0.15) is 18.4 Å². The van der Waals surface area contributed by atoms with Crippen molar-refractivity contribution < 1.29 is 28.7 Å². The Balaban J connectivity index is 1.31. The summed E-state index contributed by atoms with van der Waals surface area (Å²) in [4.78, 5) is 51.5. The van der Waals surface area contributed by atoms with Crippen LogP contribution in [0.25, 0.3) is 0 Å². The predicted octanol–water partition coefficient (Wildman–Crippen LogP) is 3.55. The summed E-state index contributed by atoms with van der Waals surface area (Å²) in [6.45, 7) is 1.51. The van der Waals surface area contributed by atoms with E-state index < -0.39 is 12.0 Å². The fourth-order valence-corrected chi connectivity index (χ4v) is 4.58. The number of imide groups is 1. The first-order valence-corrected chi connectivity index (χ1v) is 11.5. The van der Waals surface area contributed by atoms with Gasteiger partial charge in [0.15, 0.2) is 0 Å². The van der Waals surface area contributed by atoms with Gasteiger partial charge in [-0.2, -0.15) is 0 Å². The SMILES string of the molecule is COc1ccc(NC(=O)c2ccc(COC(=O)[C@@H](C)N3C(=O)[C@H]4CCCC[C@@H]4C3=O)cc2)cc1. The molecule has 2 aromatic carbocycles. The smallest absolute Gasteiger partial charge is 0.329 e. The number of nitrogens with zero attached hydrogens (tertiary/aromatic N) is 1. The Morgan fingerprint density at radius 1 is 0.971 bits per heavy atom. The van der Waals surface area contributed by atoms with Gasteiger partial charge in [0.2, 0.25) is 11.8 Å². The summed E-state index contributed by atoms with van der Waals surface area (Å²) in [6.07, 6.45) is 3.26. The van der Waals surface area contributed by atoms with Crippen LogP contribution in [0.15, 0.2) is 48.5 Å². The number of methoxy groups -OCH3 is 1. The van der Waals surface area contributed by atoms with Crippen LogP contribution >= 0.6 is 0 Å². The minimum absolute atomic E-state index is 0.0212. The lowest BCUT2D eigenvalue weighted by Gasteiger charge is -2.21. The molecule has 2 aliphatic rings. The molecule has 8 nitrogen and oxygen atoms in total. The Morgan fingerprint density at radius 2 is 1.56 bits per heavy atom. The van der Waals surface area contributed by atoms with Gasteiger partial charge in [0.05, 0.1) is 18.9 Å². The van der Waals surface area contributed by atoms with E-state index in [1.807, 2.05) is 0 Å². The van der Waals surface area contributed by atoms with Gasteiger partial charge < -0.3 is 14.8 Å². The van der Waals surface area contributed by atoms with Crippen molar-refractivity contribution >= 4 is 29.4 Å². The van der Waals surface area contributed by atoms with Crippen LogP contribution in [-0.2, 0) is 25.7 Å². The molecule has 2 fully saturated rings. The molecule has 4 rings (SSSR count). The number of carbonyl (C=O) groups is 4. The third-order valence-electron chi connectivity index (χ3n) is 6.55. The van der Waals surface area contributed by atoms with E-state index in [9.17, 15) is 19.2 Å². The lowest BCUT2D eigenvalue weighted by atomic mass is 9.81.